The van der Waals surface area contributed by atoms with E-state index in [9.17, 15) is 14.4 Å². The van der Waals surface area contributed by atoms with Gasteiger partial charge in [0.05, 0.1) is 27.7 Å². The number of esters is 3. The van der Waals surface area contributed by atoms with E-state index in [2.05, 4.69) is 78.4 Å². The Morgan fingerprint density at radius 2 is 0.632 bits per heavy atom. The van der Waals surface area contributed by atoms with Crippen LogP contribution in [0.2, 0.25) is 0 Å². The summed E-state index contributed by atoms with van der Waals surface area (Å²) in [7, 11) is 6.18. The SMILES string of the molecule is CCCC/C=C\CCCCCCCC(=O)OCC(COC(=O)CCCCCCC/C=C\CCCC)(COC(=O)CCCCCCC/C=C\CCCC)C[N+](C)(C)C. The van der Waals surface area contributed by atoms with E-state index >= 15 is 0 Å². The van der Waals surface area contributed by atoms with Crippen LogP contribution >= 0.6 is 0 Å². The Bertz CT molecular complexity index is 925. The van der Waals surface area contributed by atoms with Crippen molar-refractivity contribution in [3.63, 3.8) is 0 Å². The number of ether oxygens (including phenoxy) is 3. The van der Waals surface area contributed by atoms with Crippen molar-refractivity contribution in [2.24, 2.45) is 5.41 Å². The summed E-state index contributed by atoms with van der Waals surface area (Å²) in [5.74, 6) is -0.736. The smallest absolute Gasteiger partial charge is 0.305 e. The predicted molar refractivity (Wildman–Crippen MR) is 241 cm³/mol. The van der Waals surface area contributed by atoms with Gasteiger partial charge in [0.2, 0.25) is 0 Å². The molecule has 332 valence electrons. The van der Waals surface area contributed by atoms with Gasteiger partial charge in [0.1, 0.15) is 25.2 Å². The van der Waals surface area contributed by atoms with E-state index < -0.39 is 5.41 Å². The van der Waals surface area contributed by atoms with E-state index in [0.717, 1.165) is 77.0 Å². The quantitative estimate of drug-likeness (QED) is 0.0201. The number of hydrogen-bond acceptors (Lipinski definition) is 6. The maximum atomic E-state index is 13.0. The molecule has 0 aromatic heterocycles. The van der Waals surface area contributed by atoms with E-state index in [1.165, 1.54) is 96.3 Å². The Morgan fingerprint density at radius 3 is 0.895 bits per heavy atom. The van der Waals surface area contributed by atoms with Crippen LogP contribution in [-0.4, -0.2) is 69.9 Å². The zero-order chi connectivity index (χ0) is 42.1. The Hall–Kier alpha value is -2.41. The molecule has 0 aromatic rings. The van der Waals surface area contributed by atoms with Gasteiger partial charge in [-0.15, -0.1) is 0 Å². The zero-order valence-electron chi connectivity index (χ0n) is 38.4. The second kappa shape index (κ2) is 39.1. The number of hydrogen-bond donors (Lipinski definition) is 0. The Labute approximate surface area is 352 Å². The molecule has 0 aliphatic rings. The highest BCUT2D eigenvalue weighted by molar-refractivity contribution is 5.70. The van der Waals surface area contributed by atoms with Crippen molar-refractivity contribution in [1.82, 2.24) is 0 Å². The van der Waals surface area contributed by atoms with Crippen molar-refractivity contribution < 1.29 is 33.1 Å². The standard InChI is InChI=1S/C50H92NO6/c1-7-10-13-16-19-22-25-28-31-34-37-40-47(52)55-44-50(43-51(4,5)6,45-56-48(53)41-38-35-32-29-26-23-20-17-14-11-8-2)46-57-49(54)42-39-36-33-30-27-24-21-18-15-12-9-3/h16-21H,7-15,22-46H2,1-6H3/q+1/b19-16-,20-17-,21-18-. The molecule has 0 aromatic carbocycles. The molecule has 0 aliphatic carbocycles. The third kappa shape index (κ3) is 38.9. The fraction of sp³-hybridized carbons (Fsp3) is 0.820. The molecule has 0 fully saturated rings. The molecular formula is C50H92NO6+. The van der Waals surface area contributed by atoms with Gasteiger partial charge < -0.3 is 18.7 Å². The van der Waals surface area contributed by atoms with Crippen molar-refractivity contribution >= 4 is 17.9 Å². The lowest BCUT2D eigenvalue weighted by molar-refractivity contribution is -0.877. The van der Waals surface area contributed by atoms with Crippen LogP contribution in [0.4, 0.5) is 0 Å². The van der Waals surface area contributed by atoms with Crippen LogP contribution in [0.15, 0.2) is 36.5 Å². The van der Waals surface area contributed by atoms with Crippen LogP contribution in [0, 0.1) is 5.41 Å². The van der Waals surface area contributed by atoms with E-state index in [-0.39, 0.29) is 37.7 Å². The summed E-state index contributed by atoms with van der Waals surface area (Å²) in [6.07, 6.45) is 45.1. The van der Waals surface area contributed by atoms with Crippen LogP contribution in [0.1, 0.15) is 213 Å². The Morgan fingerprint density at radius 1 is 0.386 bits per heavy atom. The van der Waals surface area contributed by atoms with Crippen LogP contribution in [0.25, 0.3) is 0 Å². The second-order valence-electron chi connectivity index (χ2n) is 17.7. The third-order valence-electron chi connectivity index (χ3n) is 10.4. The minimum atomic E-state index is -0.834. The average Bonchev–Trinajstić information content (AvgIpc) is 3.18. The summed E-state index contributed by atoms with van der Waals surface area (Å²) < 4.78 is 18.3. The summed E-state index contributed by atoms with van der Waals surface area (Å²) in [4.78, 5) is 39.0. The largest absolute Gasteiger partial charge is 0.465 e. The van der Waals surface area contributed by atoms with Crippen LogP contribution in [0.5, 0.6) is 0 Å². The van der Waals surface area contributed by atoms with Gasteiger partial charge >= 0.3 is 17.9 Å². The molecule has 0 bridgehead atoms. The molecule has 0 saturated heterocycles. The number of allylic oxidation sites excluding steroid dienone is 6. The van der Waals surface area contributed by atoms with Gasteiger partial charge in [-0.05, 0) is 77.0 Å². The van der Waals surface area contributed by atoms with Gasteiger partial charge in [-0.25, -0.2) is 0 Å². The number of unbranched alkanes of at least 4 members (excludes halogenated alkanes) is 21. The molecule has 0 N–H and O–H groups in total. The molecule has 7 nitrogen and oxygen atoms in total. The van der Waals surface area contributed by atoms with Gasteiger partial charge in [-0.2, -0.15) is 0 Å². The first kappa shape index (κ1) is 54.6. The number of nitrogens with zero attached hydrogens (tertiary/aromatic N) is 1. The second-order valence-corrected chi connectivity index (χ2v) is 17.7. The molecule has 0 radical (unpaired) electrons. The predicted octanol–water partition coefficient (Wildman–Crippen LogP) is 13.7. The van der Waals surface area contributed by atoms with Crippen molar-refractivity contribution in [3.05, 3.63) is 36.5 Å². The summed E-state index contributed by atoms with van der Waals surface area (Å²) in [6, 6.07) is 0. The first-order valence-corrected chi connectivity index (χ1v) is 23.8. The number of carbonyl (C=O) groups excluding carboxylic acids is 3. The molecule has 0 heterocycles. The molecule has 0 atom stereocenters. The molecule has 0 unspecified atom stereocenters. The highest BCUT2D eigenvalue weighted by Gasteiger charge is 2.41. The number of quaternary nitrogens is 1. The van der Waals surface area contributed by atoms with Crippen molar-refractivity contribution in [3.8, 4) is 0 Å². The summed E-state index contributed by atoms with van der Waals surface area (Å²) in [5.41, 5.74) is -0.834. The third-order valence-corrected chi connectivity index (χ3v) is 10.4. The molecule has 0 spiro atoms. The fourth-order valence-electron chi connectivity index (χ4n) is 7.04. The molecule has 7 heteroatoms. The first-order valence-electron chi connectivity index (χ1n) is 23.8. The van der Waals surface area contributed by atoms with Gasteiger partial charge in [0, 0.05) is 19.3 Å². The molecule has 57 heavy (non-hydrogen) atoms. The topological polar surface area (TPSA) is 78.9 Å². The van der Waals surface area contributed by atoms with Crippen molar-refractivity contribution in [2.45, 2.75) is 213 Å². The average molecular weight is 803 g/mol. The minimum absolute atomic E-state index is 0.0477. The Kier molecular flexibility index (Phi) is 37.4. The van der Waals surface area contributed by atoms with E-state index in [1.807, 2.05) is 0 Å². The van der Waals surface area contributed by atoms with Crippen LogP contribution < -0.4 is 0 Å². The Balaban J connectivity index is 5.05. The van der Waals surface area contributed by atoms with Crippen molar-refractivity contribution in [1.29, 1.82) is 0 Å². The molecule has 0 saturated carbocycles. The first-order chi connectivity index (χ1) is 27.6. The molecule has 0 aliphatic heterocycles. The lowest BCUT2D eigenvalue weighted by atomic mass is 9.89. The summed E-state index contributed by atoms with van der Waals surface area (Å²) in [6.45, 7) is 7.33. The monoisotopic (exact) mass is 803 g/mol. The van der Waals surface area contributed by atoms with E-state index in [4.69, 9.17) is 14.2 Å². The van der Waals surface area contributed by atoms with Crippen molar-refractivity contribution in [2.75, 3.05) is 47.5 Å². The molecule has 0 rings (SSSR count). The summed E-state index contributed by atoms with van der Waals surface area (Å²) >= 11 is 0. The molecule has 0 amide bonds. The van der Waals surface area contributed by atoms with Gasteiger partial charge in [-0.3, -0.25) is 14.4 Å². The molecular weight excluding hydrogens is 711 g/mol. The van der Waals surface area contributed by atoms with E-state index in [0.29, 0.717) is 30.3 Å². The van der Waals surface area contributed by atoms with Gasteiger partial charge in [-0.1, -0.05) is 154 Å². The fourth-order valence-corrected chi connectivity index (χ4v) is 7.04. The lowest BCUT2D eigenvalue weighted by Crippen LogP contribution is -2.52. The summed E-state index contributed by atoms with van der Waals surface area (Å²) in [5, 5.41) is 0. The van der Waals surface area contributed by atoms with Gasteiger partial charge in [0.25, 0.3) is 0 Å². The highest BCUT2D eigenvalue weighted by Crippen LogP contribution is 2.25. The lowest BCUT2D eigenvalue weighted by Gasteiger charge is -2.38. The minimum Gasteiger partial charge on any atom is -0.465 e. The number of rotatable bonds is 41. The normalized spacial score (nSPS) is 12.3. The van der Waals surface area contributed by atoms with E-state index in [1.54, 1.807) is 0 Å². The van der Waals surface area contributed by atoms with Crippen LogP contribution in [0.3, 0.4) is 0 Å². The van der Waals surface area contributed by atoms with Crippen LogP contribution in [-0.2, 0) is 28.6 Å². The number of carbonyl (C=O) groups is 3. The van der Waals surface area contributed by atoms with Gasteiger partial charge in [0.15, 0.2) is 0 Å². The zero-order valence-corrected chi connectivity index (χ0v) is 38.4. The maximum absolute atomic E-state index is 13.0. The maximum Gasteiger partial charge on any atom is 0.305 e. The highest BCUT2D eigenvalue weighted by atomic mass is 16.6.